The molecule has 0 radical (unpaired) electrons. The number of ether oxygens (including phenoxy) is 1. The van der Waals surface area contributed by atoms with Crippen molar-refractivity contribution < 1.29 is 9.13 Å². The number of benzene rings is 1. The third kappa shape index (κ3) is 2.72. The van der Waals surface area contributed by atoms with Gasteiger partial charge in [0.15, 0.2) is 0 Å². The van der Waals surface area contributed by atoms with E-state index < -0.39 is 0 Å². The first kappa shape index (κ1) is 12.7. The number of nitrogens with zero attached hydrogens (tertiary/aromatic N) is 1. The number of anilines is 1. The van der Waals surface area contributed by atoms with E-state index in [0.29, 0.717) is 12.2 Å². The average Bonchev–Trinajstić information content (AvgIpc) is 2.38. The quantitative estimate of drug-likeness (QED) is 0.771. The normalized spacial score (nSPS) is 20.6. The van der Waals surface area contributed by atoms with Crippen LogP contribution in [0.25, 0.3) is 0 Å². The third-order valence-corrected chi connectivity index (χ3v) is 3.43. The van der Waals surface area contributed by atoms with Crippen molar-refractivity contribution in [3.63, 3.8) is 0 Å². The smallest absolute Gasteiger partial charge is 0.129 e. The van der Waals surface area contributed by atoms with Gasteiger partial charge in [0.25, 0.3) is 0 Å². The molecule has 1 heterocycles. The molecule has 94 valence electrons. The molecule has 17 heavy (non-hydrogen) atoms. The highest BCUT2D eigenvalue weighted by atomic mass is 35.5. The minimum Gasteiger partial charge on any atom is -0.375 e. The molecular formula is C13H17ClFNO. The van der Waals surface area contributed by atoms with E-state index in [0.717, 1.165) is 25.2 Å². The van der Waals surface area contributed by atoms with Gasteiger partial charge in [-0.15, -0.1) is 11.6 Å². The van der Waals surface area contributed by atoms with E-state index in [1.165, 1.54) is 6.07 Å². The lowest BCUT2D eigenvalue weighted by Crippen LogP contribution is -2.42. The fourth-order valence-corrected chi connectivity index (χ4v) is 2.43. The topological polar surface area (TPSA) is 12.5 Å². The van der Waals surface area contributed by atoms with Crippen LogP contribution in [0.5, 0.6) is 0 Å². The van der Waals surface area contributed by atoms with E-state index in [9.17, 15) is 4.39 Å². The second-order valence-corrected chi connectivity index (χ2v) is 4.49. The summed E-state index contributed by atoms with van der Waals surface area (Å²) >= 11 is 5.83. The van der Waals surface area contributed by atoms with Crippen molar-refractivity contribution in [1.29, 1.82) is 0 Å². The Hall–Kier alpha value is -0.800. The fraction of sp³-hybridized carbons (Fsp3) is 0.538. The molecule has 0 saturated carbocycles. The molecule has 0 aromatic heterocycles. The predicted octanol–water partition coefficient (Wildman–Crippen LogP) is 3.18. The first-order chi connectivity index (χ1) is 8.26. The van der Waals surface area contributed by atoms with Crippen molar-refractivity contribution in [2.75, 3.05) is 24.6 Å². The van der Waals surface area contributed by atoms with Gasteiger partial charge in [0.1, 0.15) is 5.82 Å². The van der Waals surface area contributed by atoms with E-state index >= 15 is 0 Å². The summed E-state index contributed by atoms with van der Waals surface area (Å²) in [5, 5.41) is 0. The van der Waals surface area contributed by atoms with E-state index in [-0.39, 0.29) is 17.8 Å². The minimum absolute atomic E-state index is 0.205. The number of halogens is 2. The third-order valence-electron chi connectivity index (χ3n) is 3.16. The van der Waals surface area contributed by atoms with Gasteiger partial charge in [0.2, 0.25) is 0 Å². The fourth-order valence-electron chi connectivity index (χ4n) is 2.16. The van der Waals surface area contributed by atoms with Crippen molar-refractivity contribution in [3.05, 3.63) is 29.6 Å². The summed E-state index contributed by atoms with van der Waals surface area (Å²) in [7, 11) is 0. The van der Waals surface area contributed by atoms with Crippen molar-refractivity contribution in [2.45, 2.75) is 25.3 Å². The van der Waals surface area contributed by atoms with Gasteiger partial charge >= 0.3 is 0 Å². The monoisotopic (exact) mass is 257 g/mol. The molecule has 1 unspecified atom stereocenters. The summed E-state index contributed by atoms with van der Waals surface area (Å²) < 4.78 is 19.3. The van der Waals surface area contributed by atoms with Gasteiger partial charge in [-0.1, -0.05) is 13.0 Å². The van der Waals surface area contributed by atoms with Gasteiger partial charge in [-0.05, 0) is 18.6 Å². The lowest BCUT2D eigenvalue weighted by molar-refractivity contribution is 0.0384. The summed E-state index contributed by atoms with van der Waals surface area (Å²) in [5.41, 5.74) is 1.49. The molecule has 1 aromatic rings. The Morgan fingerprint density at radius 2 is 2.35 bits per heavy atom. The Morgan fingerprint density at radius 1 is 1.53 bits per heavy atom. The lowest BCUT2D eigenvalue weighted by Gasteiger charge is -2.35. The first-order valence-corrected chi connectivity index (χ1v) is 6.49. The Kier molecular flexibility index (Phi) is 4.24. The Bertz CT molecular complexity index is 386. The van der Waals surface area contributed by atoms with Crippen LogP contribution in [0.3, 0.4) is 0 Å². The summed E-state index contributed by atoms with van der Waals surface area (Å²) in [5.74, 6) is -0.0204. The van der Waals surface area contributed by atoms with E-state index in [2.05, 4.69) is 11.8 Å². The van der Waals surface area contributed by atoms with E-state index in [1.807, 2.05) is 6.07 Å². The van der Waals surface area contributed by atoms with Gasteiger partial charge in [-0.2, -0.15) is 0 Å². The summed E-state index contributed by atoms with van der Waals surface area (Å²) in [6.45, 7) is 4.40. The van der Waals surface area contributed by atoms with Crippen LogP contribution in [0.2, 0.25) is 0 Å². The lowest BCUT2D eigenvalue weighted by atomic mass is 10.1. The Labute approximate surface area is 106 Å². The van der Waals surface area contributed by atoms with Gasteiger partial charge in [-0.25, -0.2) is 4.39 Å². The zero-order valence-corrected chi connectivity index (χ0v) is 10.7. The second kappa shape index (κ2) is 5.69. The molecule has 1 fully saturated rings. The SMILES string of the molecule is CCC1CN(c2cccc(F)c2CCl)CCO1. The number of morpholine rings is 1. The number of alkyl halides is 1. The van der Waals surface area contributed by atoms with Gasteiger partial charge in [-0.3, -0.25) is 0 Å². The summed E-state index contributed by atoms with van der Waals surface area (Å²) in [6, 6.07) is 5.12. The van der Waals surface area contributed by atoms with Gasteiger partial charge < -0.3 is 9.64 Å². The highest BCUT2D eigenvalue weighted by Crippen LogP contribution is 2.26. The predicted molar refractivity (Wildman–Crippen MR) is 68.2 cm³/mol. The van der Waals surface area contributed by atoms with Gasteiger partial charge in [0.05, 0.1) is 18.6 Å². The van der Waals surface area contributed by atoms with E-state index in [4.69, 9.17) is 16.3 Å². The number of hydrogen-bond donors (Lipinski definition) is 0. The second-order valence-electron chi connectivity index (χ2n) is 4.22. The average molecular weight is 258 g/mol. The molecule has 2 nitrogen and oxygen atoms in total. The van der Waals surface area contributed by atoms with Crippen LogP contribution in [-0.4, -0.2) is 25.8 Å². The molecule has 1 saturated heterocycles. The molecule has 1 aromatic carbocycles. The summed E-state index contributed by atoms with van der Waals surface area (Å²) in [6.07, 6.45) is 1.21. The van der Waals surface area contributed by atoms with Crippen LogP contribution >= 0.6 is 11.6 Å². The standard InChI is InChI=1S/C13H17ClFNO/c1-2-10-9-16(6-7-17-10)13-5-3-4-12(15)11(13)8-14/h3-5,10H,2,6-9H2,1H3. The van der Waals surface area contributed by atoms with Crippen LogP contribution in [0.4, 0.5) is 10.1 Å². The van der Waals surface area contributed by atoms with Crippen LogP contribution in [0.1, 0.15) is 18.9 Å². The molecular weight excluding hydrogens is 241 g/mol. The molecule has 1 atom stereocenters. The van der Waals surface area contributed by atoms with Crippen molar-refractivity contribution >= 4 is 17.3 Å². The highest BCUT2D eigenvalue weighted by Gasteiger charge is 2.21. The molecule has 0 spiro atoms. The van der Waals surface area contributed by atoms with Crippen molar-refractivity contribution in [3.8, 4) is 0 Å². The molecule has 0 bridgehead atoms. The molecule has 0 aliphatic carbocycles. The summed E-state index contributed by atoms with van der Waals surface area (Å²) in [4.78, 5) is 2.17. The van der Waals surface area contributed by atoms with Crippen molar-refractivity contribution in [1.82, 2.24) is 0 Å². The molecule has 4 heteroatoms. The van der Waals surface area contributed by atoms with E-state index in [1.54, 1.807) is 6.07 Å². The largest absolute Gasteiger partial charge is 0.375 e. The molecule has 2 rings (SSSR count). The molecule has 0 N–H and O–H groups in total. The number of rotatable bonds is 3. The maximum Gasteiger partial charge on any atom is 0.129 e. The van der Waals surface area contributed by atoms with Crippen LogP contribution in [0.15, 0.2) is 18.2 Å². The maximum atomic E-state index is 13.6. The Balaban J connectivity index is 2.24. The Morgan fingerprint density at radius 3 is 3.06 bits per heavy atom. The highest BCUT2D eigenvalue weighted by molar-refractivity contribution is 6.17. The zero-order chi connectivity index (χ0) is 12.3. The maximum absolute atomic E-state index is 13.6. The van der Waals surface area contributed by atoms with Crippen LogP contribution in [0, 0.1) is 5.82 Å². The zero-order valence-electron chi connectivity index (χ0n) is 9.96. The molecule has 1 aliphatic heterocycles. The van der Waals surface area contributed by atoms with Crippen LogP contribution in [-0.2, 0) is 10.6 Å². The molecule has 1 aliphatic rings. The minimum atomic E-state index is -0.225. The van der Waals surface area contributed by atoms with Gasteiger partial charge in [0, 0.05) is 24.3 Å². The van der Waals surface area contributed by atoms with Crippen molar-refractivity contribution in [2.24, 2.45) is 0 Å². The van der Waals surface area contributed by atoms with Crippen LogP contribution < -0.4 is 4.90 Å². The molecule has 0 amide bonds. The number of hydrogen-bond acceptors (Lipinski definition) is 2. The first-order valence-electron chi connectivity index (χ1n) is 5.96.